The van der Waals surface area contributed by atoms with Crippen LogP contribution >= 0.6 is 0 Å². The molecule has 2 heterocycles. The third-order valence-corrected chi connectivity index (χ3v) is 4.87. The lowest BCUT2D eigenvalue weighted by atomic mass is 10.1. The Morgan fingerprint density at radius 2 is 1.60 bits per heavy atom. The molecule has 4 aromatic rings. The molecule has 0 atom stereocenters. The first-order valence-corrected chi connectivity index (χ1v) is 9.94. The highest BCUT2D eigenvalue weighted by Gasteiger charge is 2.09. The molecule has 7 nitrogen and oxygen atoms in total. The Hall–Kier alpha value is -3.74. The number of carbonyl (C=O) groups is 1. The molecule has 0 aliphatic carbocycles. The Balaban J connectivity index is 1.38. The maximum absolute atomic E-state index is 12.3. The molecule has 0 saturated carbocycles. The van der Waals surface area contributed by atoms with Crippen LogP contribution in [0.25, 0.3) is 5.65 Å². The Kier molecular flexibility index (Phi) is 5.70. The molecular weight excluding hydrogens is 376 g/mol. The molecule has 0 saturated heterocycles. The van der Waals surface area contributed by atoms with E-state index in [1.807, 2.05) is 43.3 Å². The third kappa shape index (κ3) is 4.63. The van der Waals surface area contributed by atoms with Gasteiger partial charge in [0.1, 0.15) is 5.82 Å². The number of aryl methyl sites for hydroxylation is 2. The number of hydrogen-bond donors (Lipinski definition) is 2. The number of nitrogens with one attached hydrogen (secondary N) is 2. The quantitative estimate of drug-likeness (QED) is 0.497. The number of rotatable bonds is 7. The number of amides is 1. The van der Waals surface area contributed by atoms with Gasteiger partial charge in [0.15, 0.2) is 11.5 Å². The van der Waals surface area contributed by atoms with Crippen molar-refractivity contribution in [3.63, 3.8) is 0 Å². The van der Waals surface area contributed by atoms with E-state index in [9.17, 15) is 4.79 Å². The van der Waals surface area contributed by atoms with Gasteiger partial charge in [0.2, 0.25) is 0 Å². The lowest BCUT2D eigenvalue weighted by Crippen LogP contribution is -2.26. The van der Waals surface area contributed by atoms with E-state index in [1.54, 1.807) is 4.52 Å². The van der Waals surface area contributed by atoms with Crippen molar-refractivity contribution in [2.45, 2.75) is 26.8 Å². The summed E-state index contributed by atoms with van der Waals surface area (Å²) in [5.74, 6) is 1.35. The smallest absolute Gasteiger partial charge is 0.251 e. The molecule has 0 aliphatic heterocycles. The number of nitrogens with zero attached hydrogens (tertiary/aromatic N) is 4. The molecular formula is C23H24N6O. The SMILES string of the molecule is Cc1ccc(CNc2ccc3nnc(CCNC(=O)c4ccc(C)cc4)n3n2)cc1. The van der Waals surface area contributed by atoms with Crippen LogP contribution in [0.1, 0.15) is 32.9 Å². The molecule has 0 aliphatic rings. The minimum absolute atomic E-state index is 0.0998. The van der Waals surface area contributed by atoms with Crippen molar-refractivity contribution >= 4 is 17.4 Å². The highest BCUT2D eigenvalue weighted by Crippen LogP contribution is 2.10. The summed E-state index contributed by atoms with van der Waals surface area (Å²) in [6, 6.07) is 19.7. The Labute approximate surface area is 175 Å². The van der Waals surface area contributed by atoms with Crippen molar-refractivity contribution in [2.24, 2.45) is 0 Å². The molecule has 2 aromatic heterocycles. The fraction of sp³-hybridized carbons (Fsp3) is 0.217. The zero-order valence-electron chi connectivity index (χ0n) is 17.1. The molecule has 0 unspecified atom stereocenters. The van der Waals surface area contributed by atoms with Gasteiger partial charge in [-0.2, -0.15) is 4.52 Å². The molecule has 30 heavy (non-hydrogen) atoms. The first-order valence-electron chi connectivity index (χ1n) is 9.94. The summed E-state index contributed by atoms with van der Waals surface area (Å²) >= 11 is 0. The lowest BCUT2D eigenvalue weighted by molar-refractivity contribution is 0.0954. The highest BCUT2D eigenvalue weighted by atomic mass is 16.1. The minimum Gasteiger partial charge on any atom is -0.365 e. The van der Waals surface area contributed by atoms with Crippen LogP contribution in [0.3, 0.4) is 0 Å². The second-order valence-electron chi connectivity index (χ2n) is 7.32. The predicted molar refractivity (Wildman–Crippen MR) is 117 cm³/mol. The monoisotopic (exact) mass is 400 g/mol. The summed E-state index contributed by atoms with van der Waals surface area (Å²) in [5, 5.41) is 19.2. The van der Waals surface area contributed by atoms with Crippen LogP contribution in [0.15, 0.2) is 60.7 Å². The molecule has 4 rings (SSSR count). The molecule has 0 spiro atoms. The Bertz CT molecular complexity index is 1150. The Morgan fingerprint density at radius 3 is 2.33 bits per heavy atom. The normalized spacial score (nSPS) is 10.9. The molecule has 2 aromatic carbocycles. The van der Waals surface area contributed by atoms with Crippen molar-refractivity contribution in [3.8, 4) is 0 Å². The van der Waals surface area contributed by atoms with E-state index in [0.717, 1.165) is 11.4 Å². The fourth-order valence-corrected chi connectivity index (χ4v) is 3.08. The summed E-state index contributed by atoms with van der Waals surface area (Å²) < 4.78 is 1.72. The first-order chi connectivity index (χ1) is 14.6. The van der Waals surface area contributed by atoms with E-state index in [1.165, 1.54) is 11.1 Å². The van der Waals surface area contributed by atoms with Crippen LogP contribution in [0.5, 0.6) is 0 Å². The molecule has 7 heteroatoms. The van der Waals surface area contributed by atoms with Gasteiger partial charge in [0.05, 0.1) is 0 Å². The van der Waals surface area contributed by atoms with Gasteiger partial charge in [-0.05, 0) is 43.7 Å². The van der Waals surface area contributed by atoms with Crippen molar-refractivity contribution in [1.82, 2.24) is 25.1 Å². The summed E-state index contributed by atoms with van der Waals surface area (Å²) in [7, 11) is 0. The van der Waals surface area contributed by atoms with Gasteiger partial charge >= 0.3 is 0 Å². The van der Waals surface area contributed by atoms with E-state index >= 15 is 0 Å². The van der Waals surface area contributed by atoms with Crippen LogP contribution in [0.2, 0.25) is 0 Å². The maximum atomic E-state index is 12.3. The second kappa shape index (κ2) is 8.73. The van der Waals surface area contributed by atoms with Crippen molar-refractivity contribution in [2.75, 3.05) is 11.9 Å². The van der Waals surface area contributed by atoms with Gasteiger partial charge in [-0.15, -0.1) is 15.3 Å². The molecule has 0 fully saturated rings. The molecule has 1 amide bonds. The van der Waals surface area contributed by atoms with Gasteiger partial charge < -0.3 is 10.6 Å². The molecule has 152 valence electrons. The minimum atomic E-state index is -0.0998. The average Bonchev–Trinajstić information content (AvgIpc) is 3.16. The number of carbonyl (C=O) groups excluding carboxylic acids is 1. The van der Waals surface area contributed by atoms with E-state index in [4.69, 9.17) is 0 Å². The average molecular weight is 400 g/mol. The van der Waals surface area contributed by atoms with Crippen molar-refractivity contribution in [1.29, 1.82) is 0 Å². The van der Waals surface area contributed by atoms with Gasteiger partial charge in [-0.1, -0.05) is 47.5 Å². The zero-order valence-corrected chi connectivity index (χ0v) is 17.1. The van der Waals surface area contributed by atoms with Crippen LogP contribution < -0.4 is 10.6 Å². The van der Waals surface area contributed by atoms with Crippen molar-refractivity contribution in [3.05, 3.63) is 88.7 Å². The Morgan fingerprint density at radius 1 is 0.900 bits per heavy atom. The molecule has 0 radical (unpaired) electrons. The maximum Gasteiger partial charge on any atom is 0.251 e. The largest absolute Gasteiger partial charge is 0.365 e. The van der Waals surface area contributed by atoms with Crippen LogP contribution in [0, 0.1) is 13.8 Å². The van der Waals surface area contributed by atoms with Crippen LogP contribution in [0.4, 0.5) is 5.82 Å². The summed E-state index contributed by atoms with van der Waals surface area (Å²) in [6.45, 7) is 5.21. The van der Waals surface area contributed by atoms with Gasteiger partial charge in [-0.25, -0.2) is 0 Å². The number of aromatic nitrogens is 4. The molecule has 0 bridgehead atoms. The second-order valence-corrected chi connectivity index (χ2v) is 7.32. The fourth-order valence-electron chi connectivity index (χ4n) is 3.08. The topological polar surface area (TPSA) is 84.2 Å². The summed E-state index contributed by atoms with van der Waals surface area (Å²) in [6.07, 6.45) is 0.535. The van der Waals surface area contributed by atoms with Gasteiger partial charge in [-0.3, -0.25) is 4.79 Å². The predicted octanol–water partition coefficient (Wildman–Crippen LogP) is 3.33. The van der Waals surface area contributed by atoms with Crippen LogP contribution in [-0.4, -0.2) is 32.3 Å². The third-order valence-electron chi connectivity index (χ3n) is 4.87. The highest BCUT2D eigenvalue weighted by molar-refractivity contribution is 5.94. The zero-order chi connectivity index (χ0) is 20.9. The van der Waals surface area contributed by atoms with E-state index in [2.05, 4.69) is 57.1 Å². The summed E-state index contributed by atoms with van der Waals surface area (Å²) in [4.78, 5) is 12.3. The number of fused-ring (bicyclic) bond motifs is 1. The lowest BCUT2D eigenvalue weighted by Gasteiger charge is -2.07. The van der Waals surface area contributed by atoms with Crippen molar-refractivity contribution < 1.29 is 4.79 Å². The van der Waals surface area contributed by atoms with Crippen LogP contribution in [-0.2, 0) is 13.0 Å². The van der Waals surface area contributed by atoms with E-state index in [0.29, 0.717) is 36.5 Å². The van der Waals surface area contributed by atoms with Gasteiger partial charge in [0.25, 0.3) is 5.91 Å². The summed E-state index contributed by atoms with van der Waals surface area (Å²) in [5.41, 5.74) is 4.87. The molecule has 2 N–H and O–H groups in total. The van der Waals surface area contributed by atoms with E-state index in [-0.39, 0.29) is 5.91 Å². The number of benzene rings is 2. The first kappa shape index (κ1) is 19.6. The standard InChI is InChI=1S/C23H24N6O/c1-16-3-7-18(8-4-16)15-25-20-11-12-21-26-27-22(29(21)28-20)13-14-24-23(30)19-9-5-17(2)6-10-19/h3-12H,13-15H2,1-2H3,(H,24,30)(H,25,28). The van der Waals surface area contributed by atoms with Gasteiger partial charge in [0, 0.05) is 25.1 Å². The number of hydrogen-bond acceptors (Lipinski definition) is 5. The van der Waals surface area contributed by atoms with E-state index < -0.39 is 0 Å². The number of anilines is 1.